The summed E-state index contributed by atoms with van der Waals surface area (Å²) >= 11 is 0. The maximum atomic E-state index is 13.6. The Morgan fingerprint density at radius 2 is 1.64 bits per heavy atom. The van der Waals surface area contributed by atoms with E-state index in [-0.39, 0.29) is 11.9 Å². The number of hydrogen-bond donors (Lipinski definition) is 2. The molecule has 1 aliphatic heterocycles. The highest BCUT2D eigenvalue weighted by Crippen LogP contribution is 2.38. The van der Waals surface area contributed by atoms with Crippen LogP contribution in [0.25, 0.3) is 0 Å². The first-order valence-electron chi connectivity index (χ1n) is 9.94. The summed E-state index contributed by atoms with van der Waals surface area (Å²) in [7, 11) is 3.62. The molecule has 150 valence electrons. The standard InChI is InChI=1S/C23H31N3O2/c1-25(2)22(28)23(18-9-5-3-6-10-18,19-11-7-4-8-12-19)14-16-26-15-13-20(24)21(27)17-26/h3-12,20-21,27H,13-17,24H2,1-2H3/t20-,21-/m0/s1. The van der Waals surface area contributed by atoms with Crippen molar-refractivity contribution in [3.8, 4) is 0 Å². The van der Waals surface area contributed by atoms with Crippen LogP contribution < -0.4 is 5.73 Å². The number of carbonyl (C=O) groups is 1. The lowest BCUT2D eigenvalue weighted by molar-refractivity contribution is -0.133. The molecule has 2 aromatic rings. The van der Waals surface area contributed by atoms with Gasteiger partial charge in [0.1, 0.15) is 5.41 Å². The van der Waals surface area contributed by atoms with Crippen LogP contribution in [0.15, 0.2) is 60.7 Å². The summed E-state index contributed by atoms with van der Waals surface area (Å²) in [4.78, 5) is 17.5. The molecule has 0 spiro atoms. The molecule has 0 bridgehead atoms. The van der Waals surface area contributed by atoms with Gasteiger partial charge in [-0.3, -0.25) is 4.79 Å². The van der Waals surface area contributed by atoms with E-state index in [0.717, 1.165) is 24.1 Å². The fourth-order valence-corrected chi connectivity index (χ4v) is 4.18. The fraction of sp³-hybridized carbons (Fsp3) is 0.435. The van der Waals surface area contributed by atoms with E-state index in [4.69, 9.17) is 5.73 Å². The highest BCUT2D eigenvalue weighted by Gasteiger charge is 2.43. The van der Waals surface area contributed by atoms with E-state index in [2.05, 4.69) is 4.90 Å². The van der Waals surface area contributed by atoms with Gasteiger partial charge in [-0.1, -0.05) is 60.7 Å². The number of likely N-dealkylation sites (tertiary alicyclic amines) is 1. The molecule has 3 rings (SSSR count). The molecule has 0 saturated carbocycles. The summed E-state index contributed by atoms with van der Waals surface area (Å²) in [5.74, 6) is 0.0687. The van der Waals surface area contributed by atoms with Crippen molar-refractivity contribution in [3.05, 3.63) is 71.8 Å². The molecule has 1 saturated heterocycles. The Morgan fingerprint density at radius 1 is 1.11 bits per heavy atom. The van der Waals surface area contributed by atoms with Crippen molar-refractivity contribution in [2.45, 2.75) is 30.4 Å². The molecule has 0 aliphatic carbocycles. The van der Waals surface area contributed by atoms with Crippen molar-refractivity contribution < 1.29 is 9.90 Å². The molecule has 5 heteroatoms. The number of hydrogen-bond acceptors (Lipinski definition) is 4. The zero-order chi connectivity index (χ0) is 20.1. The molecule has 2 aromatic carbocycles. The minimum absolute atomic E-state index is 0.0687. The fourth-order valence-electron chi connectivity index (χ4n) is 4.18. The maximum absolute atomic E-state index is 13.6. The van der Waals surface area contributed by atoms with Crippen molar-refractivity contribution in [2.75, 3.05) is 33.7 Å². The lowest BCUT2D eigenvalue weighted by atomic mass is 9.70. The van der Waals surface area contributed by atoms with Gasteiger partial charge >= 0.3 is 0 Å². The summed E-state index contributed by atoms with van der Waals surface area (Å²) in [5.41, 5.74) is 7.18. The molecule has 5 nitrogen and oxygen atoms in total. The van der Waals surface area contributed by atoms with Crippen molar-refractivity contribution >= 4 is 5.91 Å². The van der Waals surface area contributed by atoms with Crippen molar-refractivity contribution in [2.24, 2.45) is 5.73 Å². The number of piperidine rings is 1. The minimum Gasteiger partial charge on any atom is -0.390 e. The molecule has 1 amide bonds. The van der Waals surface area contributed by atoms with Gasteiger partial charge in [-0.05, 0) is 37.1 Å². The number of nitrogens with zero attached hydrogens (tertiary/aromatic N) is 2. The molecular formula is C23H31N3O2. The Morgan fingerprint density at radius 3 is 2.11 bits per heavy atom. The second-order valence-electron chi connectivity index (χ2n) is 7.91. The van der Waals surface area contributed by atoms with E-state index >= 15 is 0 Å². The van der Waals surface area contributed by atoms with Gasteiger partial charge in [0, 0.05) is 26.7 Å². The number of rotatable bonds is 6. The molecular weight excluding hydrogens is 350 g/mol. The van der Waals surface area contributed by atoms with Gasteiger partial charge in [-0.25, -0.2) is 0 Å². The molecule has 28 heavy (non-hydrogen) atoms. The minimum atomic E-state index is -0.767. The van der Waals surface area contributed by atoms with Crippen LogP contribution in [0.1, 0.15) is 24.0 Å². The van der Waals surface area contributed by atoms with Crippen molar-refractivity contribution in [1.29, 1.82) is 0 Å². The number of aliphatic hydroxyl groups is 1. The zero-order valence-corrected chi connectivity index (χ0v) is 16.8. The Labute approximate surface area is 167 Å². The Bertz CT molecular complexity index is 724. The lowest BCUT2D eigenvalue weighted by Gasteiger charge is -2.39. The average Bonchev–Trinajstić information content (AvgIpc) is 2.72. The second-order valence-corrected chi connectivity index (χ2v) is 7.91. The predicted octanol–water partition coefficient (Wildman–Crippen LogP) is 1.84. The van der Waals surface area contributed by atoms with Gasteiger partial charge < -0.3 is 20.6 Å². The largest absolute Gasteiger partial charge is 0.390 e. The Balaban J connectivity index is 1.99. The summed E-state index contributed by atoms with van der Waals surface area (Å²) in [6.45, 7) is 2.11. The first-order chi connectivity index (χ1) is 13.4. The predicted molar refractivity (Wildman–Crippen MR) is 112 cm³/mol. The summed E-state index contributed by atoms with van der Waals surface area (Å²) < 4.78 is 0. The highest BCUT2D eigenvalue weighted by molar-refractivity contribution is 5.91. The number of benzene rings is 2. The summed E-state index contributed by atoms with van der Waals surface area (Å²) in [6, 6.07) is 19.9. The molecule has 1 heterocycles. The lowest BCUT2D eigenvalue weighted by Crippen LogP contribution is -2.52. The van der Waals surface area contributed by atoms with Gasteiger partial charge in [0.15, 0.2) is 0 Å². The van der Waals surface area contributed by atoms with E-state index in [1.165, 1.54) is 0 Å². The van der Waals surface area contributed by atoms with Crippen LogP contribution in [-0.2, 0) is 10.2 Å². The molecule has 3 N–H and O–H groups in total. The monoisotopic (exact) mass is 381 g/mol. The van der Waals surface area contributed by atoms with E-state index in [0.29, 0.717) is 19.5 Å². The van der Waals surface area contributed by atoms with Gasteiger partial charge in [-0.15, -0.1) is 0 Å². The average molecular weight is 382 g/mol. The molecule has 0 unspecified atom stereocenters. The van der Waals surface area contributed by atoms with Crippen LogP contribution in [0.2, 0.25) is 0 Å². The third kappa shape index (κ3) is 4.12. The SMILES string of the molecule is CN(C)C(=O)C(CCN1CC[C@H](N)[C@@H](O)C1)(c1ccccc1)c1ccccc1. The third-order valence-corrected chi connectivity index (χ3v) is 5.83. The van der Waals surface area contributed by atoms with Crippen LogP contribution in [0.4, 0.5) is 0 Å². The van der Waals surface area contributed by atoms with Crippen molar-refractivity contribution in [3.63, 3.8) is 0 Å². The molecule has 1 fully saturated rings. The van der Waals surface area contributed by atoms with Crippen LogP contribution >= 0.6 is 0 Å². The van der Waals surface area contributed by atoms with Gasteiger partial charge in [0.2, 0.25) is 5.91 Å². The smallest absolute Gasteiger partial charge is 0.237 e. The molecule has 0 aromatic heterocycles. The summed E-state index contributed by atoms with van der Waals surface area (Å²) in [6.07, 6.45) is 0.896. The van der Waals surface area contributed by atoms with Crippen molar-refractivity contribution in [1.82, 2.24) is 9.80 Å². The van der Waals surface area contributed by atoms with E-state index in [1.807, 2.05) is 74.8 Å². The van der Waals surface area contributed by atoms with Crippen LogP contribution in [-0.4, -0.2) is 66.7 Å². The zero-order valence-electron chi connectivity index (χ0n) is 16.8. The number of likely N-dealkylation sites (N-methyl/N-ethyl adjacent to an activating group) is 1. The highest BCUT2D eigenvalue weighted by atomic mass is 16.3. The first kappa shape index (κ1) is 20.5. The third-order valence-electron chi connectivity index (χ3n) is 5.83. The summed E-state index contributed by atoms with van der Waals surface area (Å²) in [5, 5.41) is 10.2. The number of β-amino-alcohol motifs (C(OH)–C–C–N with tert-alkyl or cyclic N) is 1. The van der Waals surface area contributed by atoms with E-state index < -0.39 is 11.5 Å². The maximum Gasteiger partial charge on any atom is 0.237 e. The number of nitrogens with two attached hydrogens (primary N) is 1. The second kappa shape index (κ2) is 8.86. The van der Waals surface area contributed by atoms with Gasteiger partial charge in [0.25, 0.3) is 0 Å². The van der Waals surface area contributed by atoms with Crippen LogP contribution in [0.5, 0.6) is 0 Å². The van der Waals surface area contributed by atoms with E-state index in [1.54, 1.807) is 4.90 Å². The first-order valence-corrected chi connectivity index (χ1v) is 9.94. The number of amides is 1. The number of carbonyl (C=O) groups excluding carboxylic acids is 1. The normalized spacial score (nSPS) is 20.7. The van der Waals surface area contributed by atoms with Gasteiger partial charge in [-0.2, -0.15) is 0 Å². The van der Waals surface area contributed by atoms with Crippen LogP contribution in [0, 0.1) is 0 Å². The topological polar surface area (TPSA) is 69.8 Å². The quantitative estimate of drug-likeness (QED) is 0.801. The van der Waals surface area contributed by atoms with Gasteiger partial charge in [0.05, 0.1) is 6.10 Å². The molecule has 0 radical (unpaired) electrons. The number of aliphatic hydroxyl groups excluding tert-OH is 1. The van der Waals surface area contributed by atoms with Crippen LogP contribution in [0.3, 0.4) is 0 Å². The van der Waals surface area contributed by atoms with E-state index in [9.17, 15) is 9.90 Å². The Kier molecular flexibility index (Phi) is 6.50. The molecule has 1 aliphatic rings. The molecule has 2 atom stereocenters. The Hall–Kier alpha value is -2.21.